The monoisotopic (exact) mass is 313 g/mol. The number of hydrogen-bond acceptors (Lipinski definition) is 3. The number of carbonyl (C=O) groups excluding carboxylic acids is 1. The predicted octanol–water partition coefficient (Wildman–Crippen LogP) is 3.30. The molecule has 0 amide bonds. The summed E-state index contributed by atoms with van der Waals surface area (Å²) >= 11 is 3.53. The van der Waals surface area contributed by atoms with Gasteiger partial charge in [0.25, 0.3) is 0 Å². The minimum absolute atomic E-state index is 0.0551. The number of halogens is 1. The van der Waals surface area contributed by atoms with Crippen LogP contribution in [0.3, 0.4) is 0 Å². The van der Waals surface area contributed by atoms with Gasteiger partial charge in [-0.3, -0.25) is 4.79 Å². The molecule has 18 heavy (non-hydrogen) atoms. The summed E-state index contributed by atoms with van der Waals surface area (Å²) in [6.45, 7) is 5.95. The smallest absolute Gasteiger partial charge is 0.309 e. The molecule has 0 aliphatic carbocycles. The van der Waals surface area contributed by atoms with Gasteiger partial charge >= 0.3 is 5.97 Å². The number of esters is 1. The minimum Gasteiger partial charge on any atom is -0.469 e. The fourth-order valence-electron chi connectivity index (χ4n) is 1.84. The molecule has 0 spiro atoms. The van der Waals surface area contributed by atoms with Crippen molar-refractivity contribution in [3.63, 3.8) is 0 Å². The van der Waals surface area contributed by atoms with E-state index < -0.39 is 0 Å². The maximum Gasteiger partial charge on any atom is 0.309 e. The minimum atomic E-state index is -0.186. The van der Waals surface area contributed by atoms with Crippen LogP contribution in [0.5, 0.6) is 0 Å². The Morgan fingerprint density at radius 3 is 2.44 bits per heavy atom. The van der Waals surface area contributed by atoms with E-state index in [1.807, 2.05) is 32.0 Å². The van der Waals surface area contributed by atoms with E-state index in [9.17, 15) is 4.79 Å². The first-order valence-electron chi connectivity index (χ1n) is 6.05. The van der Waals surface area contributed by atoms with Crippen molar-refractivity contribution >= 4 is 21.9 Å². The average molecular weight is 314 g/mol. The lowest BCUT2D eigenvalue weighted by Crippen LogP contribution is -2.38. The average Bonchev–Trinajstić information content (AvgIpc) is 2.37. The zero-order valence-electron chi connectivity index (χ0n) is 11.2. The van der Waals surface area contributed by atoms with Crippen molar-refractivity contribution in [1.29, 1.82) is 0 Å². The highest BCUT2D eigenvalue weighted by atomic mass is 79.9. The second-order valence-electron chi connectivity index (χ2n) is 4.51. The van der Waals surface area contributed by atoms with Gasteiger partial charge in [0.05, 0.1) is 13.0 Å². The molecule has 1 rings (SSSR count). The Bertz CT molecular complexity index is 409. The Hall–Kier alpha value is -0.870. The van der Waals surface area contributed by atoms with Crippen molar-refractivity contribution in [2.24, 2.45) is 5.92 Å². The Balaban J connectivity index is 2.68. The van der Waals surface area contributed by atoms with E-state index in [1.54, 1.807) is 0 Å². The first-order valence-corrected chi connectivity index (χ1v) is 6.85. The van der Waals surface area contributed by atoms with Crippen molar-refractivity contribution in [3.8, 4) is 0 Å². The van der Waals surface area contributed by atoms with Crippen LogP contribution in [0.2, 0.25) is 0 Å². The molecule has 0 saturated heterocycles. The summed E-state index contributed by atoms with van der Waals surface area (Å²) in [7, 11) is 1.42. The molecule has 3 nitrogen and oxygen atoms in total. The van der Waals surface area contributed by atoms with Crippen molar-refractivity contribution in [2.45, 2.75) is 32.9 Å². The molecule has 100 valence electrons. The molecule has 3 atom stereocenters. The van der Waals surface area contributed by atoms with Gasteiger partial charge in [-0.15, -0.1) is 0 Å². The van der Waals surface area contributed by atoms with Crippen LogP contribution in [0.4, 0.5) is 0 Å². The van der Waals surface area contributed by atoms with Crippen LogP contribution in [-0.4, -0.2) is 19.1 Å². The first kappa shape index (κ1) is 15.2. The van der Waals surface area contributed by atoms with E-state index in [4.69, 9.17) is 4.74 Å². The Labute approximate surface area is 117 Å². The predicted molar refractivity (Wildman–Crippen MR) is 76.3 cm³/mol. The van der Waals surface area contributed by atoms with E-state index in [2.05, 4.69) is 34.2 Å². The molecule has 0 saturated carbocycles. The number of nitrogens with one attached hydrogen (secondary N) is 1. The van der Waals surface area contributed by atoms with Gasteiger partial charge in [0.15, 0.2) is 0 Å². The fraction of sp³-hybridized carbons (Fsp3) is 0.500. The summed E-state index contributed by atoms with van der Waals surface area (Å²) in [5, 5.41) is 3.42. The maximum absolute atomic E-state index is 11.5. The summed E-state index contributed by atoms with van der Waals surface area (Å²) in [6, 6.07) is 8.30. The van der Waals surface area contributed by atoms with Gasteiger partial charge in [-0.1, -0.05) is 41.1 Å². The van der Waals surface area contributed by atoms with E-state index in [0.29, 0.717) is 0 Å². The Morgan fingerprint density at radius 2 is 1.89 bits per heavy atom. The number of hydrogen-bond donors (Lipinski definition) is 1. The molecule has 0 heterocycles. The number of methoxy groups -OCH3 is 1. The molecule has 0 aromatic heterocycles. The Morgan fingerprint density at radius 1 is 1.28 bits per heavy atom. The van der Waals surface area contributed by atoms with Crippen LogP contribution in [0, 0.1) is 5.92 Å². The van der Waals surface area contributed by atoms with E-state index in [0.717, 1.165) is 4.47 Å². The van der Waals surface area contributed by atoms with E-state index in [-0.39, 0.29) is 24.0 Å². The lowest BCUT2D eigenvalue weighted by atomic mass is 10.0. The molecule has 0 aliphatic heterocycles. The molecule has 1 N–H and O–H groups in total. The number of rotatable bonds is 5. The second kappa shape index (κ2) is 6.90. The van der Waals surface area contributed by atoms with Gasteiger partial charge in [0, 0.05) is 16.6 Å². The van der Waals surface area contributed by atoms with Gasteiger partial charge in [-0.05, 0) is 25.5 Å². The standard InChI is InChI=1S/C14H20BrNO2/c1-9(14(17)18-4)10(2)16-11(3)12-7-5-6-8-13(12)15/h5-11,16H,1-4H3/t9?,10?,11-/m1/s1. The SMILES string of the molecule is COC(=O)C(C)C(C)N[C@H](C)c1ccccc1Br. The molecule has 1 aromatic carbocycles. The van der Waals surface area contributed by atoms with Gasteiger partial charge < -0.3 is 10.1 Å². The number of carbonyl (C=O) groups is 1. The van der Waals surface area contributed by atoms with Crippen LogP contribution in [0.15, 0.2) is 28.7 Å². The number of ether oxygens (including phenoxy) is 1. The molecular weight excluding hydrogens is 294 g/mol. The molecule has 0 aliphatic rings. The lowest BCUT2D eigenvalue weighted by molar-refractivity contribution is -0.145. The fourth-order valence-corrected chi connectivity index (χ4v) is 2.47. The lowest BCUT2D eigenvalue weighted by Gasteiger charge is -2.24. The Kier molecular flexibility index (Phi) is 5.82. The molecule has 4 heteroatoms. The molecule has 0 radical (unpaired) electrons. The van der Waals surface area contributed by atoms with Gasteiger partial charge in [-0.25, -0.2) is 0 Å². The van der Waals surface area contributed by atoms with Gasteiger partial charge in [-0.2, -0.15) is 0 Å². The third-order valence-electron chi connectivity index (χ3n) is 3.21. The summed E-state index contributed by atoms with van der Waals surface area (Å²) in [6.07, 6.45) is 0. The third-order valence-corrected chi connectivity index (χ3v) is 3.93. The van der Waals surface area contributed by atoms with Gasteiger partial charge in [0.1, 0.15) is 0 Å². The summed E-state index contributed by atoms with van der Waals surface area (Å²) < 4.78 is 5.83. The summed E-state index contributed by atoms with van der Waals surface area (Å²) in [4.78, 5) is 11.5. The van der Waals surface area contributed by atoms with Crippen molar-refractivity contribution in [1.82, 2.24) is 5.32 Å². The van der Waals surface area contributed by atoms with Crippen molar-refractivity contribution in [2.75, 3.05) is 7.11 Å². The van der Waals surface area contributed by atoms with Gasteiger partial charge in [0.2, 0.25) is 0 Å². The first-order chi connectivity index (χ1) is 8.47. The largest absolute Gasteiger partial charge is 0.469 e. The highest BCUT2D eigenvalue weighted by Gasteiger charge is 2.22. The highest BCUT2D eigenvalue weighted by Crippen LogP contribution is 2.23. The molecule has 1 aromatic rings. The van der Waals surface area contributed by atoms with Crippen LogP contribution < -0.4 is 5.32 Å². The zero-order valence-corrected chi connectivity index (χ0v) is 12.8. The molecule has 0 bridgehead atoms. The van der Waals surface area contributed by atoms with E-state index in [1.165, 1.54) is 12.7 Å². The van der Waals surface area contributed by atoms with Crippen LogP contribution in [-0.2, 0) is 9.53 Å². The van der Waals surface area contributed by atoms with Crippen LogP contribution >= 0.6 is 15.9 Å². The topological polar surface area (TPSA) is 38.3 Å². The quantitative estimate of drug-likeness (QED) is 0.848. The third kappa shape index (κ3) is 3.82. The maximum atomic E-state index is 11.5. The molecule has 2 unspecified atom stereocenters. The van der Waals surface area contributed by atoms with E-state index >= 15 is 0 Å². The highest BCUT2D eigenvalue weighted by molar-refractivity contribution is 9.10. The number of benzene rings is 1. The zero-order chi connectivity index (χ0) is 13.7. The molecule has 0 fully saturated rings. The van der Waals surface area contributed by atoms with Crippen molar-refractivity contribution in [3.05, 3.63) is 34.3 Å². The van der Waals surface area contributed by atoms with Crippen LogP contribution in [0.1, 0.15) is 32.4 Å². The molecular formula is C14H20BrNO2. The summed E-state index contributed by atoms with van der Waals surface area (Å²) in [5.41, 5.74) is 1.18. The summed E-state index contributed by atoms with van der Waals surface area (Å²) in [5.74, 6) is -0.353. The normalized spacial score (nSPS) is 15.8. The second-order valence-corrected chi connectivity index (χ2v) is 5.36. The van der Waals surface area contributed by atoms with Crippen LogP contribution in [0.25, 0.3) is 0 Å². The van der Waals surface area contributed by atoms with Crippen molar-refractivity contribution < 1.29 is 9.53 Å².